The van der Waals surface area contributed by atoms with Crippen LogP contribution in [-0.2, 0) is 0 Å². The number of halogens is 1. The molecule has 3 rings (SSSR count). The molecule has 132 valence electrons. The molecule has 3 atom stereocenters. The quantitative estimate of drug-likeness (QED) is 0.882. The van der Waals surface area contributed by atoms with Gasteiger partial charge < -0.3 is 10.1 Å². The fourth-order valence-corrected chi connectivity index (χ4v) is 4.64. The lowest BCUT2D eigenvalue weighted by Gasteiger charge is -2.30. The van der Waals surface area contributed by atoms with Gasteiger partial charge in [-0.1, -0.05) is 31.4 Å². The highest BCUT2D eigenvalue weighted by molar-refractivity contribution is 6.31. The number of hydrogen-bond acceptors (Lipinski definition) is 3. The first kappa shape index (κ1) is 17.6. The van der Waals surface area contributed by atoms with Gasteiger partial charge >= 0.3 is 0 Å². The number of nitrogens with zero attached hydrogens (tertiary/aromatic N) is 1. The number of nitrogens with one attached hydrogen (secondary N) is 1. The Bertz CT molecular complexity index is 593. The molecular weight excluding hydrogens is 324 g/mol. The van der Waals surface area contributed by atoms with Crippen molar-refractivity contribution in [3.63, 3.8) is 0 Å². The van der Waals surface area contributed by atoms with Crippen molar-refractivity contribution < 1.29 is 9.53 Å². The number of carbonyl (C=O) groups excluding carboxylic acids is 1. The number of benzene rings is 1. The van der Waals surface area contributed by atoms with Crippen LogP contribution in [0, 0.1) is 11.8 Å². The number of rotatable bonds is 5. The summed E-state index contributed by atoms with van der Waals surface area (Å²) in [6, 6.07) is 5.60. The van der Waals surface area contributed by atoms with Gasteiger partial charge in [-0.25, -0.2) is 0 Å². The van der Waals surface area contributed by atoms with Crippen LogP contribution in [0.4, 0.5) is 0 Å². The van der Waals surface area contributed by atoms with Gasteiger partial charge in [0.25, 0.3) is 5.91 Å². The Labute approximate surface area is 149 Å². The van der Waals surface area contributed by atoms with Crippen LogP contribution in [0.3, 0.4) is 0 Å². The molecule has 2 fully saturated rings. The van der Waals surface area contributed by atoms with E-state index in [1.807, 2.05) is 0 Å². The maximum atomic E-state index is 12.6. The highest BCUT2D eigenvalue weighted by Crippen LogP contribution is 2.40. The zero-order chi connectivity index (χ0) is 17.1. The summed E-state index contributed by atoms with van der Waals surface area (Å²) in [5.41, 5.74) is 0.506. The van der Waals surface area contributed by atoms with E-state index in [9.17, 15) is 4.79 Å². The van der Waals surface area contributed by atoms with Gasteiger partial charge in [0.2, 0.25) is 0 Å². The monoisotopic (exact) mass is 350 g/mol. The predicted octanol–water partition coefficient (Wildman–Crippen LogP) is 3.59. The number of likely N-dealkylation sites (N-methyl/N-ethyl adjacent to an activating group) is 1. The van der Waals surface area contributed by atoms with Crippen LogP contribution in [0.15, 0.2) is 18.2 Å². The molecule has 1 aromatic rings. The molecule has 1 aliphatic heterocycles. The average molecular weight is 351 g/mol. The number of carbonyl (C=O) groups is 1. The lowest BCUT2D eigenvalue weighted by molar-refractivity contribution is 0.0930. The van der Waals surface area contributed by atoms with Crippen LogP contribution in [0.25, 0.3) is 0 Å². The minimum atomic E-state index is -0.107. The summed E-state index contributed by atoms with van der Waals surface area (Å²) in [4.78, 5) is 15.2. The normalized spacial score (nSPS) is 26.9. The van der Waals surface area contributed by atoms with E-state index in [-0.39, 0.29) is 5.91 Å². The molecule has 4 nitrogen and oxygen atoms in total. The molecule has 3 unspecified atom stereocenters. The van der Waals surface area contributed by atoms with Crippen LogP contribution in [0.5, 0.6) is 5.75 Å². The third-order valence-electron chi connectivity index (χ3n) is 5.68. The smallest absolute Gasteiger partial charge is 0.255 e. The van der Waals surface area contributed by atoms with Gasteiger partial charge in [0, 0.05) is 24.2 Å². The van der Waals surface area contributed by atoms with Crippen molar-refractivity contribution in [2.45, 2.75) is 38.6 Å². The molecule has 2 aliphatic rings. The van der Waals surface area contributed by atoms with E-state index in [0.29, 0.717) is 28.9 Å². The first-order chi connectivity index (χ1) is 11.6. The molecule has 1 aliphatic carbocycles. The van der Waals surface area contributed by atoms with Gasteiger partial charge in [-0.3, -0.25) is 9.69 Å². The third-order valence-corrected chi connectivity index (χ3v) is 5.92. The number of methoxy groups -OCH3 is 1. The molecular formula is C19H27ClN2O2. The summed E-state index contributed by atoms with van der Waals surface area (Å²) in [6.07, 6.45) is 5.32. The van der Waals surface area contributed by atoms with E-state index in [1.165, 1.54) is 32.2 Å². The summed E-state index contributed by atoms with van der Waals surface area (Å²) in [5, 5.41) is 3.67. The van der Waals surface area contributed by atoms with Gasteiger partial charge in [-0.05, 0) is 49.4 Å². The van der Waals surface area contributed by atoms with Crippen molar-refractivity contribution in [3.8, 4) is 5.75 Å². The SMILES string of the molecule is CCN1CC2CCCCC2C1CNC(=O)c1cc(Cl)ccc1OC. The maximum Gasteiger partial charge on any atom is 0.255 e. The van der Waals surface area contributed by atoms with Crippen LogP contribution in [0.1, 0.15) is 43.0 Å². The summed E-state index contributed by atoms with van der Waals surface area (Å²) < 4.78 is 5.29. The number of ether oxygens (including phenoxy) is 1. The summed E-state index contributed by atoms with van der Waals surface area (Å²) in [5.74, 6) is 1.98. The summed E-state index contributed by atoms with van der Waals surface area (Å²) >= 11 is 6.04. The largest absolute Gasteiger partial charge is 0.496 e. The molecule has 1 saturated carbocycles. The molecule has 0 bridgehead atoms. The molecule has 0 radical (unpaired) electrons. The second-order valence-corrected chi connectivity index (χ2v) is 7.35. The Balaban J connectivity index is 1.68. The van der Waals surface area contributed by atoms with Crippen LogP contribution in [-0.4, -0.2) is 43.6 Å². The lowest BCUT2D eigenvalue weighted by Crippen LogP contribution is -2.43. The fraction of sp³-hybridized carbons (Fsp3) is 0.632. The average Bonchev–Trinajstić information content (AvgIpc) is 2.97. The van der Waals surface area contributed by atoms with E-state index in [2.05, 4.69) is 17.1 Å². The summed E-state index contributed by atoms with van der Waals surface area (Å²) in [7, 11) is 1.57. The number of amides is 1. The molecule has 5 heteroatoms. The first-order valence-corrected chi connectivity index (χ1v) is 9.37. The standard InChI is InChI=1S/C19H27ClN2O2/c1-3-22-12-13-6-4-5-7-15(13)17(22)11-21-19(23)16-10-14(20)8-9-18(16)24-2/h8-10,13,15,17H,3-7,11-12H2,1-2H3,(H,21,23). The van der Waals surface area contributed by atoms with Gasteiger partial charge in [0.05, 0.1) is 12.7 Å². The Morgan fingerprint density at radius 3 is 2.92 bits per heavy atom. The molecule has 1 saturated heterocycles. The zero-order valence-corrected chi connectivity index (χ0v) is 15.3. The molecule has 1 aromatic carbocycles. The fourth-order valence-electron chi connectivity index (χ4n) is 4.47. The van der Waals surface area contributed by atoms with E-state index >= 15 is 0 Å². The number of hydrogen-bond donors (Lipinski definition) is 1. The van der Waals surface area contributed by atoms with Crippen molar-refractivity contribution >= 4 is 17.5 Å². The van der Waals surface area contributed by atoms with E-state index in [0.717, 1.165) is 18.4 Å². The minimum absolute atomic E-state index is 0.107. The van der Waals surface area contributed by atoms with Crippen molar-refractivity contribution in [2.24, 2.45) is 11.8 Å². The second kappa shape index (κ2) is 7.75. The zero-order valence-electron chi connectivity index (χ0n) is 14.6. The van der Waals surface area contributed by atoms with Gasteiger partial charge in [0.15, 0.2) is 0 Å². The van der Waals surface area contributed by atoms with Crippen LogP contribution in [0.2, 0.25) is 5.02 Å². The van der Waals surface area contributed by atoms with Crippen LogP contribution >= 0.6 is 11.6 Å². The van der Waals surface area contributed by atoms with Crippen molar-refractivity contribution in [2.75, 3.05) is 26.7 Å². The highest BCUT2D eigenvalue weighted by Gasteiger charge is 2.41. The molecule has 0 spiro atoms. The molecule has 0 aromatic heterocycles. The molecule has 1 amide bonds. The number of likely N-dealkylation sites (tertiary alicyclic amines) is 1. The minimum Gasteiger partial charge on any atom is -0.496 e. The lowest BCUT2D eigenvalue weighted by atomic mass is 9.78. The predicted molar refractivity (Wildman–Crippen MR) is 96.8 cm³/mol. The highest BCUT2D eigenvalue weighted by atomic mass is 35.5. The third kappa shape index (κ3) is 3.55. The summed E-state index contributed by atoms with van der Waals surface area (Å²) in [6.45, 7) is 5.14. The van der Waals surface area contributed by atoms with Crippen molar-refractivity contribution in [1.29, 1.82) is 0 Å². The maximum absolute atomic E-state index is 12.6. The molecule has 1 N–H and O–H groups in total. The van der Waals surface area contributed by atoms with Crippen molar-refractivity contribution in [1.82, 2.24) is 10.2 Å². The Hall–Kier alpha value is -1.26. The van der Waals surface area contributed by atoms with Gasteiger partial charge in [0.1, 0.15) is 5.75 Å². The number of fused-ring (bicyclic) bond motifs is 1. The molecule has 24 heavy (non-hydrogen) atoms. The van der Waals surface area contributed by atoms with E-state index in [1.54, 1.807) is 25.3 Å². The van der Waals surface area contributed by atoms with Crippen LogP contribution < -0.4 is 10.1 Å². The molecule has 1 heterocycles. The van der Waals surface area contributed by atoms with E-state index in [4.69, 9.17) is 16.3 Å². The second-order valence-electron chi connectivity index (χ2n) is 6.92. The topological polar surface area (TPSA) is 41.6 Å². The van der Waals surface area contributed by atoms with Crippen molar-refractivity contribution in [3.05, 3.63) is 28.8 Å². The van der Waals surface area contributed by atoms with E-state index < -0.39 is 0 Å². The first-order valence-electron chi connectivity index (χ1n) is 8.99. The van der Waals surface area contributed by atoms with Gasteiger partial charge in [-0.15, -0.1) is 0 Å². The Kier molecular flexibility index (Phi) is 5.67. The van der Waals surface area contributed by atoms with Gasteiger partial charge in [-0.2, -0.15) is 0 Å². The Morgan fingerprint density at radius 1 is 1.38 bits per heavy atom. The Morgan fingerprint density at radius 2 is 2.17 bits per heavy atom.